The van der Waals surface area contributed by atoms with Gasteiger partial charge in [0, 0.05) is 6.54 Å². The van der Waals surface area contributed by atoms with Crippen LogP contribution >= 0.6 is 23.1 Å². The molecule has 1 aromatic carbocycles. The topological polar surface area (TPSA) is 24.9 Å². The molecule has 2 aromatic rings. The summed E-state index contributed by atoms with van der Waals surface area (Å²) in [4.78, 5) is 6.32. The molecule has 21 heavy (non-hydrogen) atoms. The Bertz CT molecular complexity index is 559. The van der Waals surface area contributed by atoms with E-state index in [1.807, 2.05) is 11.3 Å². The van der Waals surface area contributed by atoms with Crippen LogP contribution in [0.3, 0.4) is 0 Å². The Morgan fingerprint density at radius 1 is 1.29 bits per heavy atom. The van der Waals surface area contributed by atoms with Crippen LogP contribution in [0.25, 0.3) is 10.4 Å². The maximum atomic E-state index is 4.98. The molecule has 2 heterocycles. The van der Waals surface area contributed by atoms with Crippen molar-refractivity contribution in [3.63, 3.8) is 0 Å². The monoisotopic (exact) mass is 318 g/mol. The molecule has 1 N–H and O–H groups in total. The molecule has 3 rings (SSSR count). The van der Waals surface area contributed by atoms with Crippen molar-refractivity contribution >= 4 is 23.1 Å². The maximum absolute atomic E-state index is 4.98. The highest BCUT2D eigenvalue weighted by molar-refractivity contribution is 7.99. The third-order valence-corrected chi connectivity index (χ3v) is 6.47. The van der Waals surface area contributed by atoms with Gasteiger partial charge in [-0.1, -0.05) is 37.3 Å². The zero-order valence-electron chi connectivity index (χ0n) is 12.5. The summed E-state index contributed by atoms with van der Waals surface area (Å²) in [6.45, 7) is 4.14. The normalized spacial score (nSPS) is 18.2. The lowest BCUT2D eigenvalue weighted by Crippen LogP contribution is -2.14. The largest absolute Gasteiger partial charge is 0.311 e. The van der Waals surface area contributed by atoms with Gasteiger partial charge in [0.05, 0.1) is 15.8 Å². The van der Waals surface area contributed by atoms with Crippen LogP contribution < -0.4 is 5.32 Å². The zero-order valence-corrected chi connectivity index (χ0v) is 14.1. The number of aromatic nitrogens is 1. The van der Waals surface area contributed by atoms with Crippen LogP contribution in [0.5, 0.6) is 0 Å². The minimum absolute atomic E-state index is 0.623. The van der Waals surface area contributed by atoms with E-state index in [-0.39, 0.29) is 0 Å². The van der Waals surface area contributed by atoms with Gasteiger partial charge in [0.1, 0.15) is 5.01 Å². The van der Waals surface area contributed by atoms with Crippen molar-refractivity contribution in [3.8, 4) is 10.4 Å². The minimum atomic E-state index is 0.623. The lowest BCUT2D eigenvalue weighted by atomic mass is 10.1. The Labute approximate surface area is 135 Å². The molecule has 2 nitrogen and oxygen atoms in total. The number of hydrogen-bond donors (Lipinski definition) is 1. The first-order chi connectivity index (χ1) is 10.4. The van der Waals surface area contributed by atoms with Crippen LogP contribution in [0.15, 0.2) is 30.3 Å². The smallest absolute Gasteiger partial charge is 0.107 e. The second-order valence-electron chi connectivity index (χ2n) is 5.37. The molecule has 112 valence electrons. The molecule has 1 fully saturated rings. The van der Waals surface area contributed by atoms with E-state index in [1.165, 1.54) is 39.7 Å². The van der Waals surface area contributed by atoms with E-state index in [2.05, 4.69) is 54.3 Å². The minimum Gasteiger partial charge on any atom is -0.311 e. The van der Waals surface area contributed by atoms with Gasteiger partial charge in [0.25, 0.3) is 0 Å². The number of thioether (sulfide) groups is 1. The van der Waals surface area contributed by atoms with E-state index < -0.39 is 0 Å². The Morgan fingerprint density at radius 3 is 2.86 bits per heavy atom. The average Bonchev–Trinajstić information content (AvgIpc) is 3.18. The molecule has 0 radical (unpaired) electrons. The molecule has 0 saturated carbocycles. The van der Waals surface area contributed by atoms with Gasteiger partial charge in [-0.3, -0.25) is 0 Å². The first-order valence-corrected chi connectivity index (χ1v) is 9.62. The molecule has 0 bridgehead atoms. The first-order valence-electron chi connectivity index (χ1n) is 7.76. The van der Waals surface area contributed by atoms with E-state index in [9.17, 15) is 0 Å². The summed E-state index contributed by atoms with van der Waals surface area (Å²) in [5.41, 5.74) is 2.53. The first kappa shape index (κ1) is 15.1. The number of benzene rings is 1. The van der Waals surface area contributed by atoms with Crippen molar-refractivity contribution in [1.29, 1.82) is 0 Å². The van der Waals surface area contributed by atoms with Gasteiger partial charge in [-0.2, -0.15) is 11.8 Å². The number of rotatable bonds is 6. The fraction of sp³-hybridized carbons (Fsp3) is 0.471. The number of nitrogens with zero attached hydrogens (tertiary/aromatic N) is 1. The average molecular weight is 319 g/mol. The standard InChI is InChI=1S/C17H22N2S2/c1-2-10-18-12-14-16(13-7-4-3-5-8-13)21-17(19-14)15-9-6-11-20-15/h3-5,7-8,15,18H,2,6,9-12H2,1H3. The molecule has 0 amide bonds. The lowest BCUT2D eigenvalue weighted by Gasteiger charge is -2.03. The number of nitrogens with one attached hydrogen (secondary N) is 1. The fourth-order valence-electron chi connectivity index (χ4n) is 2.60. The van der Waals surface area contributed by atoms with Crippen LogP contribution in [-0.4, -0.2) is 17.3 Å². The summed E-state index contributed by atoms with van der Waals surface area (Å²) in [5, 5.41) is 5.45. The fourth-order valence-corrected chi connectivity index (χ4v) is 5.20. The Balaban J connectivity index is 1.87. The van der Waals surface area contributed by atoms with Gasteiger partial charge in [-0.05, 0) is 37.1 Å². The van der Waals surface area contributed by atoms with E-state index >= 15 is 0 Å². The molecule has 1 aromatic heterocycles. The quantitative estimate of drug-likeness (QED) is 0.769. The van der Waals surface area contributed by atoms with Gasteiger partial charge in [-0.25, -0.2) is 4.98 Å². The second kappa shape index (κ2) is 7.43. The van der Waals surface area contributed by atoms with E-state index in [1.54, 1.807) is 0 Å². The van der Waals surface area contributed by atoms with Crippen LogP contribution in [0.1, 0.15) is 42.1 Å². The number of thiazole rings is 1. The van der Waals surface area contributed by atoms with E-state index in [0.29, 0.717) is 5.25 Å². The summed E-state index contributed by atoms with van der Waals surface area (Å²) in [6, 6.07) is 10.7. The van der Waals surface area contributed by atoms with Gasteiger partial charge >= 0.3 is 0 Å². The van der Waals surface area contributed by atoms with Crippen molar-refractivity contribution in [1.82, 2.24) is 10.3 Å². The number of hydrogen-bond acceptors (Lipinski definition) is 4. The molecule has 1 aliphatic rings. The van der Waals surface area contributed by atoms with Crippen molar-refractivity contribution in [2.45, 2.75) is 38.0 Å². The summed E-state index contributed by atoms with van der Waals surface area (Å²) < 4.78 is 0. The van der Waals surface area contributed by atoms with Gasteiger partial charge in [0.2, 0.25) is 0 Å². The van der Waals surface area contributed by atoms with Crippen molar-refractivity contribution < 1.29 is 0 Å². The molecule has 1 aliphatic heterocycles. The van der Waals surface area contributed by atoms with Gasteiger partial charge in [-0.15, -0.1) is 11.3 Å². The van der Waals surface area contributed by atoms with E-state index in [4.69, 9.17) is 4.98 Å². The summed E-state index contributed by atoms with van der Waals surface area (Å²) in [6.07, 6.45) is 3.78. The highest BCUT2D eigenvalue weighted by Crippen LogP contribution is 2.44. The lowest BCUT2D eigenvalue weighted by molar-refractivity contribution is 0.665. The highest BCUT2D eigenvalue weighted by Gasteiger charge is 2.23. The van der Waals surface area contributed by atoms with Crippen LogP contribution in [0.4, 0.5) is 0 Å². The van der Waals surface area contributed by atoms with Gasteiger partial charge < -0.3 is 5.32 Å². The van der Waals surface area contributed by atoms with Gasteiger partial charge in [0.15, 0.2) is 0 Å². The van der Waals surface area contributed by atoms with Crippen molar-refractivity contribution in [2.24, 2.45) is 0 Å². The highest BCUT2D eigenvalue weighted by atomic mass is 32.2. The molecule has 1 saturated heterocycles. The molecular formula is C17H22N2S2. The van der Waals surface area contributed by atoms with Crippen molar-refractivity contribution in [2.75, 3.05) is 12.3 Å². The maximum Gasteiger partial charge on any atom is 0.107 e. The Hall–Kier alpha value is -0.840. The SMILES string of the molecule is CCCNCc1nc(C2CCCS2)sc1-c1ccccc1. The second-order valence-corrected chi connectivity index (χ2v) is 7.71. The van der Waals surface area contributed by atoms with E-state index in [0.717, 1.165) is 19.5 Å². The molecular weight excluding hydrogens is 296 g/mol. The molecule has 0 spiro atoms. The van der Waals surface area contributed by atoms with Crippen LogP contribution in [0.2, 0.25) is 0 Å². The predicted octanol–water partition coefficient (Wildman–Crippen LogP) is 4.88. The molecule has 0 aliphatic carbocycles. The third kappa shape index (κ3) is 3.68. The molecule has 4 heteroatoms. The predicted molar refractivity (Wildman–Crippen MR) is 94.0 cm³/mol. The summed E-state index contributed by atoms with van der Waals surface area (Å²) in [7, 11) is 0. The zero-order chi connectivity index (χ0) is 14.5. The molecule has 1 unspecified atom stereocenters. The summed E-state index contributed by atoms with van der Waals surface area (Å²) >= 11 is 3.96. The van der Waals surface area contributed by atoms with Crippen molar-refractivity contribution in [3.05, 3.63) is 41.0 Å². The van der Waals surface area contributed by atoms with Crippen LogP contribution in [0, 0.1) is 0 Å². The third-order valence-electron chi connectivity index (χ3n) is 3.67. The summed E-state index contributed by atoms with van der Waals surface area (Å²) in [5.74, 6) is 1.29. The Morgan fingerprint density at radius 2 is 2.14 bits per heavy atom. The molecule has 1 atom stereocenters. The Kier molecular flexibility index (Phi) is 5.33. The van der Waals surface area contributed by atoms with Crippen LogP contribution in [-0.2, 0) is 6.54 Å².